The van der Waals surface area contributed by atoms with E-state index in [9.17, 15) is 4.79 Å². The normalized spacial score (nSPS) is 10.2. The zero-order valence-electron chi connectivity index (χ0n) is 10.9. The lowest BCUT2D eigenvalue weighted by Gasteiger charge is -2.12. The van der Waals surface area contributed by atoms with Gasteiger partial charge >= 0.3 is 6.09 Å². The van der Waals surface area contributed by atoms with Gasteiger partial charge in [-0.15, -0.1) is 0 Å². The molecule has 0 aromatic carbocycles. The van der Waals surface area contributed by atoms with Crippen LogP contribution in [0.5, 0.6) is 0 Å². The van der Waals surface area contributed by atoms with Gasteiger partial charge in [0, 0.05) is 6.04 Å². The summed E-state index contributed by atoms with van der Waals surface area (Å²) in [5, 5.41) is 15.6. The minimum atomic E-state index is -0.553. The van der Waals surface area contributed by atoms with Crippen molar-refractivity contribution in [3.8, 4) is 6.07 Å². The minimum Gasteiger partial charge on any atom is -0.449 e. The molecule has 6 heteroatoms. The molecule has 0 radical (unpaired) electrons. The van der Waals surface area contributed by atoms with E-state index in [0.717, 1.165) is 12.8 Å². The van der Waals surface area contributed by atoms with Gasteiger partial charge in [-0.05, 0) is 20.3 Å². The van der Waals surface area contributed by atoms with Crippen LogP contribution in [0.15, 0.2) is 6.20 Å². The largest absolute Gasteiger partial charge is 0.449 e. The number of aromatic nitrogens is 2. The van der Waals surface area contributed by atoms with Crippen molar-refractivity contribution in [2.24, 2.45) is 0 Å². The first-order valence-corrected chi connectivity index (χ1v) is 6.01. The lowest BCUT2D eigenvalue weighted by molar-refractivity contribution is 0.159. The predicted octanol–water partition coefficient (Wildman–Crippen LogP) is 2.68. The van der Waals surface area contributed by atoms with Gasteiger partial charge in [0.05, 0.1) is 12.8 Å². The third kappa shape index (κ3) is 3.48. The van der Waals surface area contributed by atoms with Crippen LogP contribution in [0.4, 0.5) is 10.6 Å². The fourth-order valence-corrected chi connectivity index (χ4v) is 1.40. The van der Waals surface area contributed by atoms with Crippen LogP contribution >= 0.6 is 0 Å². The van der Waals surface area contributed by atoms with E-state index in [-0.39, 0.29) is 6.04 Å². The lowest BCUT2D eigenvalue weighted by atomic mass is 10.3. The molecule has 1 aromatic heterocycles. The molecule has 1 aromatic rings. The Morgan fingerprint density at radius 3 is 2.94 bits per heavy atom. The molecule has 1 heterocycles. The quantitative estimate of drug-likeness (QED) is 0.815. The van der Waals surface area contributed by atoms with E-state index in [1.165, 1.54) is 6.20 Å². The Kier molecular flexibility index (Phi) is 5.18. The smallest absolute Gasteiger partial charge is 0.412 e. The molecule has 18 heavy (non-hydrogen) atoms. The van der Waals surface area contributed by atoms with Crippen molar-refractivity contribution >= 4 is 11.9 Å². The average molecular weight is 250 g/mol. The van der Waals surface area contributed by atoms with Gasteiger partial charge in [-0.1, -0.05) is 13.3 Å². The van der Waals surface area contributed by atoms with Gasteiger partial charge in [0.1, 0.15) is 11.6 Å². The fourth-order valence-electron chi connectivity index (χ4n) is 1.40. The second-order valence-electron chi connectivity index (χ2n) is 4.17. The maximum Gasteiger partial charge on any atom is 0.412 e. The Labute approximate surface area is 107 Å². The maximum absolute atomic E-state index is 11.5. The first kappa shape index (κ1) is 14.0. The maximum atomic E-state index is 11.5. The minimum absolute atomic E-state index is 0.0537. The van der Waals surface area contributed by atoms with E-state index >= 15 is 0 Å². The molecule has 98 valence electrons. The summed E-state index contributed by atoms with van der Waals surface area (Å²) in [6.45, 7) is 6.23. The van der Waals surface area contributed by atoms with E-state index in [1.54, 1.807) is 4.68 Å². The number of carbonyl (C=O) groups excluding carboxylic acids is 1. The summed E-state index contributed by atoms with van der Waals surface area (Å²) >= 11 is 0. The van der Waals surface area contributed by atoms with Crippen LogP contribution in [-0.4, -0.2) is 22.5 Å². The highest BCUT2D eigenvalue weighted by Crippen LogP contribution is 2.18. The number of carbonyl (C=O) groups is 1. The Balaban J connectivity index is 2.73. The molecule has 0 atom stereocenters. The number of amides is 1. The van der Waals surface area contributed by atoms with Gasteiger partial charge in [0.2, 0.25) is 0 Å². The Morgan fingerprint density at radius 1 is 1.67 bits per heavy atom. The Bertz CT molecular complexity index is 445. The summed E-state index contributed by atoms with van der Waals surface area (Å²) in [7, 11) is 0. The van der Waals surface area contributed by atoms with Gasteiger partial charge in [-0.25, -0.2) is 9.48 Å². The van der Waals surface area contributed by atoms with Gasteiger partial charge in [-0.3, -0.25) is 5.32 Å². The molecule has 6 nitrogen and oxygen atoms in total. The number of nitrogens with zero attached hydrogens (tertiary/aromatic N) is 3. The van der Waals surface area contributed by atoms with Crippen molar-refractivity contribution in [3.63, 3.8) is 0 Å². The van der Waals surface area contributed by atoms with Crippen LogP contribution in [0.25, 0.3) is 0 Å². The van der Waals surface area contributed by atoms with Gasteiger partial charge < -0.3 is 4.74 Å². The summed E-state index contributed by atoms with van der Waals surface area (Å²) in [5.41, 5.74) is 0.330. The molecule has 0 saturated heterocycles. The molecule has 0 bridgehead atoms. The number of unbranched alkanes of at least 4 members (excludes halogenated alkanes) is 1. The highest BCUT2D eigenvalue weighted by molar-refractivity contribution is 5.85. The molecule has 0 aliphatic heterocycles. The van der Waals surface area contributed by atoms with Crippen LogP contribution in [0.2, 0.25) is 0 Å². The predicted molar refractivity (Wildman–Crippen MR) is 67.2 cm³/mol. The second-order valence-corrected chi connectivity index (χ2v) is 4.17. The average Bonchev–Trinajstić information content (AvgIpc) is 2.72. The van der Waals surface area contributed by atoms with Crippen molar-refractivity contribution in [1.82, 2.24) is 9.78 Å². The molecule has 1 N–H and O–H groups in total. The molecular formula is C12H18N4O2. The first-order chi connectivity index (χ1) is 8.60. The second kappa shape index (κ2) is 6.64. The summed E-state index contributed by atoms with van der Waals surface area (Å²) in [6.07, 6.45) is 2.66. The molecule has 0 unspecified atom stereocenters. The van der Waals surface area contributed by atoms with Crippen molar-refractivity contribution in [2.75, 3.05) is 11.9 Å². The van der Waals surface area contributed by atoms with Gasteiger partial charge in [-0.2, -0.15) is 10.4 Å². The topological polar surface area (TPSA) is 79.9 Å². The van der Waals surface area contributed by atoms with Gasteiger partial charge in [0.15, 0.2) is 5.82 Å². The Hall–Kier alpha value is -2.03. The number of nitrogens with one attached hydrogen (secondary N) is 1. The van der Waals surface area contributed by atoms with Crippen LogP contribution in [0.3, 0.4) is 0 Å². The number of hydrogen-bond donors (Lipinski definition) is 1. The third-order valence-electron chi connectivity index (χ3n) is 2.36. The molecule has 0 fully saturated rings. The highest BCUT2D eigenvalue weighted by Gasteiger charge is 2.15. The summed E-state index contributed by atoms with van der Waals surface area (Å²) in [5.74, 6) is 0.383. The zero-order chi connectivity index (χ0) is 13.5. The molecule has 0 spiro atoms. The number of ether oxygens (including phenoxy) is 1. The van der Waals surface area contributed by atoms with Crippen molar-refractivity contribution in [1.29, 1.82) is 5.26 Å². The number of nitriles is 1. The van der Waals surface area contributed by atoms with E-state index in [2.05, 4.69) is 10.4 Å². The monoisotopic (exact) mass is 250 g/mol. The van der Waals surface area contributed by atoms with Crippen LogP contribution < -0.4 is 5.32 Å². The first-order valence-electron chi connectivity index (χ1n) is 6.01. The zero-order valence-corrected chi connectivity index (χ0v) is 10.9. The SMILES string of the molecule is CCCCOC(=O)Nc1c(C#N)cnn1C(C)C. The Morgan fingerprint density at radius 2 is 2.39 bits per heavy atom. The van der Waals surface area contributed by atoms with Crippen LogP contribution in [0.1, 0.15) is 45.2 Å². The highest BCUT2D eigenvalue weighted by atomic mass is 16.5. The van der Waals surface area contributed by atoms with E-state index in [1.807, 2.05) is 26.8 Å². The van der Waals surface area contributed by atoms with Crippen LogP contribution in [0, 0.1) is 11.3 Å². The number of anilines is 1. The summed E-state index contributed by atoms with van der Waals surface area (Å²) in [6, 6.07) is 2.04. The fraction of sp³-hybridized carbons (Fsp3) is 0.583. The van der Waals surface area contributed by atoms with E-state index in [4.69, 9.17) is 10.00 Å². The summed E-state index contributed by atoms with van der Waals surface area (Å²) < 4.78 is 6.57. The molecule has 0 aliphatic rings. The number of hydrogen-bond acceptors (Lipinski definition) is 4. The molecule has 0 aliphatic carbocycles. The molecular weight excluding hydrogens is 232 g/mol. The molecule has 1 amide bonds. The molecule has 1 rings (SSSR count). The number of rotatable bonds is 5. The standard InChI is InChI=1S/C12H18N4O2/c1-4-5-6-18-12(17)15-11-10(7-13)8-14-16(11)9(2)3/h8-9H,4-6H2,1-3H3,(H,15,17). The lowest BCUT2D eigenvalue weighted by Crippen LogP contribution is -2.19. The van der Waals surface area contributed by atoms with Crippen molar-refractivity contribution < 1.29 is 9.53 Å². The van der Waals surface area contributed by atoms with Crippen molar-refractivity contribution in [3.05, 3.63) is 11.8 Å². The van der Waals surface area contributed by atoms with Crippen molar-refractivity contribution in [2.45, 2.75) is 39.7 Å². The third-order valence-corrected chi connectivity index (χ3v) is 2.36. The van der Waals surface area contributed by atoms with Crippen LogP contribution in [-0.2, 0) is 4.74 Å². The van der Waals surface area contributed by atoms with E-state index in [0.29, 0.717) is 18.0 Å². The summed E-state index contributed by atoms with van der Waals surface area (Å²) in [4.78, 5) is 11.5. The molecule has 0 saturated carbocycles. The van der Waals surface area contributed by atoms with E-state index < -0.39 is 6.09 Å². The van der Waals surface area contributed by atoms with Gasteiger partial charge in [0.25, 0.3) is 0 Å².